The van der Waals surface area contributed by atoms with Crippen LogP contribution in [0.25, 0.3) is 21.8 Å². The maximum atomic E-state index is 14.3. The molecule has 3 heterocycles. The molecule has 0 amide bonds. The number of hydrogen-bond donors (Lipinski definition) is 1. The Morgan fingerprint density at radius 2 is 2.07 bits per heavy atom. The Hall–Kier alpha value is -3.28. The second-order valence-electron chi connectivity index (χ2n) is 8.76. The van der Waals surface area contributed by atoms with Crippen molar-refractivity contribution in [1.82, 2.24) is 15.0 Å². The van der Waals surface area contributed by atoms with Crippen molar-refractivity contribution in [2.45, 2.75) is 33.1 Å². The Labute approximate surface area is 173 Å². The Morgan fingerprint density at radius 3 is 2.83 bits per heavy atom. The first-order chi connectivity index (χ1) is 14.4. The highest BCUT2D eigenvalue weighted by Gasteiger charge is 2.34. The van der Waals surface area contributed by atoms with Crippen molar-refractivity contribution in [3.63, 3.8) is 0 Å². The zero-order chi connectivity index (χ0) is 21.0. The van der Waals surface area contributed by atoms with Gasteiger partial charge in [-0.15, -0.1) is 0 Å². The quantitative estimate of drug-likeness (QED) is 0.522. The van der Waals surface area contributed by atoms with Crippen molar-refractivity contribution in [2.24, 2.45) is 5.41 Å². The molecule has 3 aromatic heterocycles. The Morgan fingerprint density at radius 1 is 1.23 bits per heavy atom. The largest absolute Gasteiger partial charge is 0.494 e. The van der Waals surface area contributed by atoms with E-state index in [0.717, 1.165) is 45.2 Å². The van der Waals surface area contributed by atoms with Crippen LogP contribution in [-0.4, -0.2) is 27.8 Å². The number of carbonyl (C=O) groups excluding carboxylic acids is 1. The molecule has 1 aliphatic rings. The van der Waals surface area contributed by atoms with E-state index in [2.05, 4.69) is 23.8 Å². The Bertz CT molecular complexity index is 1320. The SMILES string of the molecule is COc1ccc(Cc2nc3c(c4c2[nH]c2cnccc24)C(=O)CC(C)(C)C3)cc1F. The third-order valence-corrected chi connectivity index (χ3v) is 5.85. The van der Waals surface area contributed by atoms with Crippen LogP contribution in [0, 0.1) is 11.2 Å². The van der Waals surface area contributed by atoms with E-state index in [0.29, 0.717) is 18.4 Å². The smallest absolute Gasteiger partial charge is 0.165 e. The molecule has 1 aliphatic carbocycles. The summed E-state index contributed by atoms with van der Waals surface area (Å²) in [6.45, 7) is 4.19. The summed E-state index contributed by atoms with van der Waals surface area (Å²) in [5.74, 6) is -0.0637. The molecule has 152 valence electrons. The van der Waals surface area contributed by atoms with Gasteiger partial charge in [-0.2, -0.15) is 0 Å². The van der Waals surface area contributed by atoms with Crippen molar-refractivity contribution in [3.05, 3.63) is 65.0 Å². The van der Waals surface area contributed by atoms with Crippen molar-refractivity contribution >= 4 is 27.6 Å². The van der Waals surface area contributed by atoms with E-state index in [-0.39, 0.29) is 16.9 Å². The van der Waals surface area contributed by atoms with Crippen LogP contribution in [0.1, 0.15) is 47.6 Å². The second kappa shape index (κ2) is 6.62. The second-order valence-corrected chi connectivity index (χ2v) is 8.76. The zero-order valence-corrected chi connectivity index (χ0v) is 17.2. The number of ether oxygens (including phenoxy) is 1. The molecule has 4 aromatic rings. The number of pyridine rings is 2. The molecule has 6 heteroatoms. The van der Waals surface area contributed by atoms with Crippen molar-refractivity contribution in [1.29, 1.82) is 0 Å². The number of aromatic amines is 1. The highest BCUT2D eigenvalue weighted by Crippen LogP contribution is 2.40. The lowest BCUT2D eigenvalue weighted by atomic mass is 9.74. The van der Waals surface area contributed by atoms with Crippen LogP contribution in [0.5, 0.6) is 5.75 Å². The summed E-state index contributed by atoms with van der Waals surface area (Å²) in [5, 5.41) is 1.87. The molecule has 1 aromatic carbocycles. The number of aromatic nitrogens is 3. The molecule has 0 aliphatic heterocycles. The highest BCUT2D eigenvalue weighted by molar-refractivity contribution is 6.19. The summed E-state index contributed by atoms with van der Waals surface area (Å²) >= 11 is 0. The number of ketones is 1. The van der Waals surface area contributed by atoms with Gasteiger partial charge in [-0.1, -0.05) is 19.9 Å². The predicted molar refractivity (Wildman–Crippen MR) is 114 cm³/mol. The number of rotatable bonds is 3. The number of nitrogens with one attached hydrogen (secondary N) is 1. The molecular formula is C24H22FN3O2. The molecule has 5 rings (SSSR count). The van der Waals surface area contributed by atoms with E-state index in [1.165, 1.54) is 13.2 Å². The van der Waals surface area contributed by atoms with E-state index in [9.17, 15) is 9.18 Å². The van der Waals surface area contributed by atoms with Gasteiger partial charge in [-0.25, -0.2) is 4.39 Å². The van der Waals surface area contributed by atoms with Crippen LogP contribution < -0.4 is 4.74 Å². The number of halogens is 1. The van der Waals surface area contributed by atoms with E-state index in [1.54, 1.807) is 18.5 Å². The highest BCUT2D eigenvalue weighted by atomic mass is 19.1. The van der Waals surface area contributed by atoms with Crippen molar-refractivity contribution in [2.75, 3.05) is 7.11 Å². The maximum Gasteiger partial charge on any atom is 0.165 e. The minimum atomic E-state index is -0.402. The van der Waals surface area contributed by atoms with Crippen LogP contribution in [0.3, 0.4) is 0 Å². The van der Waals surface area contributed by atoms with Gasteiger partial charge < -0.3 is 9.72 Å². The minimum absolute atomic E-state index is 0.124. The summed E-state index contributed by atoms with van der Waals surface area (Å²) in [5.41, 5.74) is 4.68. The minimum Gasteiger partial charge on any atom is -0.494 e. The van der Waals surface area contributed by atoms with Gasteiger partial charge in [0.05, 0.1) is 35.7 Å². The van der Waals surface area contributed by atoms with E-state index >= 15 is 0 Å². The van der Waals surface area contributed by atoms with Gasteiger partial charge in [-0.3, -0.25) is 14.8 Å². The van der Waals surface area contributed by atoms with E-state index in [4.69, 9.17) is 9.72 Å². The summed E-state index contributed by atoms with van der Waals surface area (Å²) < 4.78 is 19.3. The molecule has 0 atom stereocenters. The van der Waals surface area contributed by atoms with Gasteiger partial charge in [0.15, 0.2) is 17.3 Å². The summed E-state index contributed by atoms with van der Waals surface area (Å²) in [6, 6.07) is 6.87. The van der Waals surface area contributed by atoms with Crippen molar-refractivity contribution in [3.8, 4) is 5.75 Å². The fourth-order valence-electron chi connectivity index (χ4n) is 4.55. The van der Waals surface area contributed by atoms with E-state index < -0.39 is 5.82 Å². The lowest BCUT2D eigenvalue weighted by molar-refractivity contribution is 0.0912. The maximum absolute atomic E-state index is 14.3. The standard InChI is InChI=1S/C24H22FN3O2/c1-24(2)10-17-22(19(29)11-24)21-14-6-7-26-12-18(14)28-23(21)16(27-17)9-13-4-5-20(30-3)15(25)8-13/h4-8,12,28H,9-11H2,1-3H3. The number of carbonyl (C=O) groups is 1. The number of H-pyrrole nitrogens is 1. The first-order valence-electron chi connectivity index (χ1n) is 9.99. The molecule has 5 nitrogen and oxygen atoms in total. The zero-order valence-electron chi connectivity index (χ0n) is 17.2. The summed E-state index contributed by atoms with van der Waals surface area (Å²) in [7, 11) is 1.45. The monoisotopic (exact) mass is 403 g/mol. The van der Waals surface area contributed by atoms with Gasteiger partial charge in [0.25, 0.3) is 0 Å². The lowest BCUT2D eigenvalue weighted by Gasteiger charge is -2.30. The summed E-state index contributed by atoms with van der Waals surface area (Å²) in [6.07, 6.45) is 5.16. The first-order valence-corrected chi connectivity index (χ1v) is 9.99. The molecule has 0 spiro atoms. The molecule has 0 radical (unpaired) electrons. The number of benzene rings is 1. The normalized spacial score (nSPS) is 15.5. The molecule has 0 unspecified atom stereocenters. The Kier molecular flexibility index (Phi) is 4.13. The molecule has 30 heavy (non-hydrogen) atoms. The number of methoxy groups -OCH3 is 1. The topological polar surface area (TPSA) is 67.9 Å². The molecule has 0 bridgehead atoms. The summed E-state index contributed by atoms with van der Waals surface area (Å²) in [4.78, 5) is 25.6. The molecular weight excluding hydrogens is 381 g/mol. The molecule has 0 saturated carbocycles. The number of Topliss-reactive ketones (excluding diaryl/α,β-unsaturated/α-hetero) is 1. The Balaban J connectivity index is 1.75. The van der Waals surface area contributed by atoms with Crippen LogP contribution in [0.4, 0.5) is 4.39 Å². The molecule has 0 fully saturated rings. The fourth-order valence-corrected chi connectivity index (χ4v) is 4.55. The van der Waals surface area contributed by atoms with Crippen LogP contribution in [0.2, 0.25) is 0 Å². The first kappa shape index (κ1) is 18.7. The number of fused-ring (bicyclic) bond motifs is 5. The average Bonchev–Trinajstić information content (AvgIpc) is 3.07. The van der Waals surface area contributed by atoms with E-state index in [1.807, 2.05) is 12.1 Å². The average molecular weight is 403 g/mol. The fraction of sp³-hybridized carbons (Fsp3) is 0.292. The van der Waals surface area contributed by atoms with Gasteiger partial charge in [-0.05, 0) is 35.6 Å². The van der Waals surface area contributed by atoms with Crippen LogP contribution >= 0.6 is 0 Å². The van der Waals surface area contributed by atoms with Gasteiger partial charge >= 0.3 is 0 Å². The third-order valence-electron chi connectivity index (χ3n) is 5.85. The molecule has 0 saturated heterocycles. The van der Waals surface area contributed by atoms with Gasteiger partial charge in [0, 0.05) is 35.4 Å². The predicted octanol–water partition coefficient (Wildman–Crippen LogP) is 5.00. The third kappa shape index (κ3) is 2.95. The van der Waals surface area contributed by atoms with Crippen molar-refractivity contribution < 1.29 is 13.9 Å². The number of nitrogens with zero attached hydrogens (tertiary/aromatic N) is 2. The lowest BCUT2D eigenvalue weighted by Crippen LogP contribution is -2.28. The van der Waals surface area contributed by atoms with Gasteiger partial charge in [0.1, 0.15) is 0 Å². The van der Waals surface area contributed by atoms with Crippen LogP contribution in [-0.2, 0) is 12.8 Å². The van der Waals surface area contributed by atoms with Crippen LogP contribution in [0.15, 0.2) is 36.7 Å². The number of hydrogen-bond acceptors (Lipinski definition) is 4. The van der Waals surface area contributed by atoms with Gasteiger partial charge in [0.2, 0.25) is 0 Å². The molecule has 1 N–H and O–H groups in total.